The Hall–Kier alpha value is -3.06. The summed E-state index contributed by atoms with van der Waals surface area (Å²) < 4.78 is 11.3. The lowest BCUT2D eigenvalue weighted by Crippen LogP contribution is -2.50. The Labute approximate surface area is 195 Å². The van der Waals surface area contributed by atoms with Crippen molar-refractivity contribution in [2.75, 3.05) is 16.8 Å². The largest absolute Gasteiger partial charge is 0.443 e. The van der Waals surface area contributed by atoms with Crippen LogP contribution < -0.4 is 20.3 Å². The van der Waals surface area contributed by atoms with E-state index in [1.165, 1.54) is 5.56 Å². The van der Waals surface area contributed by atoms with Crippen LogP contribution in [0.3, 0.4) is 0 Å². The lowest BCUT2D eigenvalue weighted by molar-refractivity contribution is 0.0558. The van der Waals surface area contributed by atoms with Gasteiger partial charge in [-0.3, -0.25) is 15.5 Å². The predicted molar refractivity (Wildman–Crippen MR) is 129 cm³/mol. The highest BCUT2D eigenvalue weighted by molar-refractivity contribution is 5.93. The molecule has 33 heavy (non-hydrogen) atoms. The molecule has 4 rings (SSSR count). The van der Waals surface area contributed by atoms with Crippen LogP contribution in [0.2, 0.25) is 0 Å². The van der Waals surface area contributed by atoms with Crippen molar-refractivity contribution in [3.05, 3.63) is 53.6 Å². The molecule has 176 valence electrons. The lowest BCUT2D eigenvalue weighted by Gasteiger charge is -2.31. The van der Waals surface area contributed by atoms with Gasteiger partial charge in [0.05, 0.1) is 5.69 Å². The summed E-state index contributed by atoms with van der Waals surface area (Å²) in [5.74, 6) is 0.857. The molecule has 2 aliphatic heterocycles. The minimum atomic E-state index is -0.594. The fraction of sp³-hybridized carbons (Fsp3) is 0.462. The molecular weight excluding hydrogens is 418 g/mol. The van der Waals surface area contributed by atoms with E-state index in [-0.39, 0.29) is 17.7 Å². The summed E-state index contributed by atoms with van der Waals surface area (Å²) >= 11 is 0. The monoisotopic (exact) mass is 451 g/mol. The van der Waals surface area contributed by atoms with E-state index in [9.17, 15) is 9.59 Å². The number of nitrogens with zero attached hydrogens (tertiary/aromatic N) is 1. The van der Waals surface area contributed by atoms with Gasteiger partial charge >= 0.3 is 12.2 Å². The summed E-state index contributed by atoms with van der Waals surface area (Å²) in [7, 11) is 0. The van der Waals surface area contributed by atoms with Crippen LogP contribution in [-0.4, -0.2) is 30.5 Å². The summed E-state index contributed by atoms with van der Waals surface area (Å²) in [6.45, 7) is 12.7. The zero-order valence-corrected chi connectivity index (χ0v) is 20.2. The second-order valence-corrected chi connectivity index (χ2v) is 10.3. The van der Waals surface area contributed by atoms with Crippen molar-refractivity contribution in [1.82, 2.24) is 5.32 Å². The van der Waals surface area contributed by atoms with Gasteiger partial charge in [0.25, 0.3) is 0 Å². The van der Waals surface area contributed by atoms with Crippen LogP contribution in [0.25, 0.3) is 0 Å². The molecule has 2 amide bonds. The minimum Gasteiger partial charge on any atom is -0.443 e. The number of rotatable bonds is 3. The maximum Gasteiger partial charge on any atom is 0.417 e. The van der Waals surface area contributed by atoms with Crippen molar-refractivity contribution < 1.29 is 19.1 Å². The Kier molecular flexibility index (Phi) is 5.86. The molecule has 0 aliphatic carbocycles. The molecule has 0 saturated carbocycles. The molecule has 2 aromatic carbocycles. The molecule has 2 aliphatic rings. The number of amides is 2. The number of carbonyl (C=O) groups excluding carboxylic acids is 2. The van der Waals surface area contributed by atoms with Crippen molar-refractivity contribution in [3.63, 3.8) is 0 Å². The topological polar surface area (TPSA) is 79.9 Å². The van der Waals surface area contributed by atoms with Gasteiger partial charge in [0.2, 0.25) is 0 Å². The van der Waals surface area contributed by atoms with Crippen molar-refractivity contribution in [1.29, 1.82) is 0 Å². The van der Waals surface area contributed by atoms with Gasteiger partial charge in [-0.2, -0.15) is 0 Å². The van der Waals surface area contributed by atoms with Crippen LogP contribution in [0.5, 0.6) is 5.75 Å². The highest BCUT2D eigenvalue weighted by atomic mass is 16.6. The minimum absolute atomic E-state index is 0.203. The van der Waals surface area contributed by atoms with Crippen LogP contribution in [0.15, 0.2) is 42.5 Å². The number of fused-ring (bicyclic) bond motifs is 3. The third-order valence-corrected chi connectivity index (χ3v) is 6.31. The average Bonchev–Trinajstić information content (AvgIpc) is 3.20. The molecule has 1 saturated heterocycles. The van der Waals surface area contributed by atoms with Crippen molar-refractivity contribution in [2.45, 2.75) is 71.1 Å². The molecule has 0 bridgehead atoms. The Balaban J connectivity index is 1.53. The Bertz CT molecular complexity index is 1060. The predicted octanol–water partition coefficient (Wildman–Crippen LogP) is 5.75. The van der Waals surface area contributed by atoms with Crippen molar-refractivity contribution in [3.8, 4) is 5.75 Å². The first-order valence-corrected chi connectivity index (χ1v) is 11.5. The molecular formula is C26H33N3O4. The van der Waals surface area contributed by atoms with Gasteiger partial charge in [-0.25, -0.2) is 9.59 Å². The van der Waals surface area contributed by atoms with Crippen LogP contribution >= 0.6 is 0 Å². The molecule has 0 radical (unpaired) electrons. The molecule has 1 fully saturated rings. The number of nitrogens with one attached hydrogen (secondary N) is 2. The van der Waals surface area contributed by atoms with Gasteiger partial charge in [0.1, 0.15) is 17.5 Å². The van der Waals surface area contributed by atoms with Crippen LogP contribution in [0.4, 0.5) is 21.0 Å². The molecule has 2 heterocycles. The summed E-state index contributed by atoms with van der Waals surface area (Å²) in [4.78, 5) is 27.2. The smallest absolute Gasteiger partial charge is 0.417 e. The number of anilines is 2. The first kappa shape index (κ1) is 23.1. The highest BCUT2D eigenvalue weighted by Crippen LogP contribution is 2.50. The molecule has 2 atom stereocenters. The van der Waals surface area contributed by atoms with Gasteiger partial charge < -0.3 is 9.47 Å². The van der Waals surface area contributed by atoms with E-state index in [2.05, 4.69) is 31.4 Å². The number of hydrogen-bond donors (Lipinski definition) is 2. The lowest BCUT2D eigenvalue weighted by atomic mass is 9.81. The maximum atomic E-state index is 13.0. The Morgan fingerprint density at radius 1 is 1.15 bits per heavy atom. The van der Waals surface area contributed by atoms with Crippen molar-refractivity contribution in [2.24, 2.45) is 0 Å². The van der Waals surface area contributed by atoms with E-state index >= 15 is 0 Å². The van der Waals surface area contributed by atoms with E-state index in [1.54, 1.807) is 11.0 Å². The normalized spacial score (nSPS) is 21.5. The molecule has 2 unspecified atom stereocenters. The van der Waals surface area contributed by atoms with Crippen LogP contribution in [0.1, 0.15) is 65.0 Å². The second kappa shape index (κ2) is 8.37. The van der Waals surface area contributed by atoms with Crippen LogP contribution in [0, 0.1) is 0 Å². The Morgan fingerprint density at radius 2 is 1.85 bits per heavy atom. The third-order valence-electron chi connectivity index (χ3n) is 6.31. The zero-order valence-electron chi connectivity index (χ0n) is 20.2. The number of ether oxygens (including phenoxy) is 2. The summed E-state index contributed by atoms with van der Waals surface area (Å²) in [6.07, 6.45) is -0.281. The van der Waals surface area contributed by atoms with E-state index in [4.69, 9.17) is 9.47 Å². The SMILES string of the molecule is CC(C)c1ccc(NC(=O)Oc2ccc3c(c2)C2(C)CCNC2N3C(=O)OC(C)(C)C)cc1. The quantitative estimate of drug-likeness (QED) is 0.621. The fourth-order valence-electron chi connectivity index (χ4n) is 4.59. The van der Waals surface area contributed by atoms with E-state index in [0.29, 0.717) is 17.4 Å². The third kappa shape index (κ3) is 4.55. The molecule has 2 aromatic rings. The number of carbonyl (C=O) groups is 2. The van der Waals surface area contributed by atoms with Crippen LogP contribution in [-0.2, 0) is 10.2 Å². The molecule has 0 spiro atoms. The maximum absolute atomic E-state index is 13.0. The van der Waals surface area contributed by atoms with Gasteiger partial charge in [0, 0.05) is 11.1 Å². The molecule has 2 N–H and O–H groups in total. The van der Waals surface area contributed by atoms with Gasteiger partial charge in [-0.1, -0.05) is 32.9 Å². The Morgan fingerprint density at radius 3 is 2.48 bits per heavy atom. The zero-order chi connectivity index (χ0) is 24.0. The summed E-state index contributed by atoms with van der Waals surface area (Å²) in [5, 5.41) is 6.21. The molecule has 7 nitrogen and oxygen atoms in total. The van der Waals surface area contributed by atoms with Gasteiger partial charge in [-0.15, -0.1) is 0 Å². The van der Waals surface area contributed by atoms with E-state index in [0.717, 1.165) is 24.2 Å². The first-order chi connectivity index (χ1) is 15.5. The average molecular weight is 452 g/mol. The summed E-state index contributed by atoms with van der Waals surface area (Å²) in [6, 6.07) is 13.1. The van der Waals surface area contributed by atoms with Gasteiger partial charge in [0.15, 0.2) is 0 Å². The molecule has 7 heteroatoms. The molecule has 0 aromatic heterocycles. The first-order valence-electron chi connectivity index (χ1n) is 11.5. The second-order valence-electron chi connectivity index (χ2n) is 10.3. The van der Waals surface area contributed by atoms with Gasteiger partial charge in [-0.05, 0) is 81.1 Å². The standard InChI is InChI=1S/C26H33N3O4/c1-16(2)17-7-9-18(10-8-17)28-23(30)32-19-11-12-21-20(15-19)26(6)13-14-27-22(26)29(21)24(31)33-25(3,4)5/h7-12,15-16,22,27H,13-14H2,1-6H3,(H,28,30). The van der Waals surface area contributed by atoms with E-state index in [1.807, 2.05) is 57.2 Å². The number of benzene rings is 2. The highest BCUT2D eigenvalue weighted by Gasteiger charge is 2.53. The fourth-order valence-corrected chi connectivity index (χ4v) is 4.59. The number of hydrogen-bond acceptors (Lipinski definition) is 5. The summed E-state index contributed by atoms with van der Waals surface area (Å²) in [5.41, 5.74) is 2.73. The van der Waals surface area contributed by atoms with E-state index < -0.39 is 11.7 Å². The van der Waals surface area contributed by atoms with Crippen molar-refractivity contribution >= 4 is 23.6 Å².